The molecule has 6 aromatic carbocycles. The number of rotatable bonds is 14. The highest BCUT2D eigenvalue weighted by atomic mass is 32.2. The fraction of sp³-hybridized carbons (Fsp3) is 0.163. The zero-order chi connectivity index (χ0) is 36.0. The van der Waals surface area contributed by atoms with E-state index in [9.17, 15) is 27.0 Å². The Bertz CT molecular complexity index is 1970. The Morgan fingerprint density at radius 2 is 0.588 bits per heavy atom. The van der Waals surface area contributed by atoms with E-state index in [0.29, 0.717) is 22.3 Å². The molecule has 8 heteroatoms. The molecule has 0 heterocycles. The third-order valence-electron chi connectivity index (χ3n) is 9.61. The van der Waals surface area contributed by atoms with E-state index in [0.717, 1.165) is 0 Å². The van der Waals surface area contributed by atoms with E-state index >= 15 is 0 Å². The molecule has 6 rings (SSSR count). The predicted octanol–water partition coefficient (Wildman–Crippen LogP) is 7.71. The average molecular weight is 717 g/mol. The van der Waals surface area contributed by atoms with Gasteiger partial charge in [0.1, 0.15) is 21.7 Å². The molecule has 0 bridgehead atoms. The molecule has 0 saturated carbocycles. The van der Waals surface area contributed by atoms with Gasteiger partial charge in [-0.05, 0) is 59.4 Å². The number of aliphatic hydroxyl groups is 2. The SMILES string of the molecule is O=S(=O)(c1ccccc1)C(CCCC(C(O)(c1ccccc1)c1ccccc1)S(=O)(=O)c1ccccc1)C(O)(c1ccccc1)c1ccccc1. The summed E-state index contributed by atoms with van der Waals surface area (Å²) in [6.07, 6.45) is -0.229. The Hall–Kier alpha value is -4.86. The molecule has 0 amide bonds. The van der Waals surface area contributed by atoms with E-state index in [1.54, 1.807) is 158 Å². The minimum absolute atomic E-state index is 0.0252. The molecular weight excluding hydrogens is 677 g/mol. The first-order chi connectivity index (χ1) is 24.6. The maximum absolute atomic E-state index is 14.7. The lowest BCUT2D eigenvalue weighted by molar-refractivity contribution is 0.0641. The molecule has 0 spiro atoms. The van der Waals surface area contributed by atoms with Crippen LogP contribution < -0.4 is 0 Å². The lowest BCUT2D eigenvalue weighted by atomic mass is 9.79. The second kappa shape index (κ2) is 15.2. The standard InChI is InChI=1S/C43H40O6S2/c44-42(34-20-7-1-8-21-34,35-22-9-2-10-23-35)40(50(46,47)38-28-15-5-16-29-38)32-19-33-41(51(48,49)39-30-17-6-18-31-39)43(45,36-24-11-3-12-25-36)37-26-13-4-14-27-37/h1-18,20-31,40-41,44-45H,19,32-33H2. The molecule has 2 N–H and O–H groups in total. The molecule has 0 aliphatic heterocycles. The fourth-order valence-corrected chi connectivity index (χ4v) is 11.2. The lowest BCUT2D eigenvalue weighted by Crippen LogP contribution is -2.47. The van der Waals surface area contributed by atoms with Crippen LogP contribution in [0.3, 0.4) is 0 Å². The van der Waals surface area contributed by atoms with Gasteiger partial charge in [-0.2, -0.15) is 0 Å². The monoisotopic (exact) mass is 716 g/mol. The van der Waals surface area contributed by atoms with Crippen LogP contribution in [0.5, 0.6) is 0 Å². The Labute approximate surface area is 300 Å². The Kier molecular flexibility index (Phi) is 10.7. The molecule has 0 radical (unpaired) electrons. The van der Waals surface area contributed by atoms with Crippen LogP contribution in [0.15, 0.2) is 192 Å². The van der Waals surface area contributed by atoms with Gasteiger partial charge in [0.2, 0.25) is 0 Å². The van der Waals surface area contributed by atoms with Crippen molar-refractivity contribution >= 4 is 19.7 Å². The van der Waals surface area contributed by atoms with Crippen molar-refractivity contribution in [1.82, 2.24) is 0 Å². The van der Waals surface area contributed by atoms with Gasteiger partial charge in [-0.1, -0.05) is 164 Å². The number of hydrogen-bond acceptors (Lipinski definition) is 6. The van der Waals surface area contributed by atoms with Gasteiger partial charge >= 0.3 is 0 Å². The van der Waals surface area contributed by atoms with Gasteiger partial charge in [0, 0.05) is 0 Å². The molecular formula is C43H40O6S2. The second-order valence-electron chi connectivity index (χ2n) is 12.6. The molecule has 6 aromatic rings. The summed E-state index contributed by atoms with van der Waals surface area (Å²) >= 11 is 0. The van der Waals surface area contributed by atoms with E-state index in [4.69, 9.17) is 0 Å². The van der Waals surface area contributed by atoms with E-state index in [-0.39, 0.29) is 29.1 Å². The Balaban J connectivity index is 1.50. The van der Waals surface area contributed by atoms with Crippen LogP contribution in [0.2, 0.25) is 0 Å². The highest BCUT2D eigenvalue weighted by Gasteiger charge is 2.50. The normalized spacial score (nSPS) is 13.7. The van der Waals surface area contributed by atoms with Gasteiger partial charge in [-0.15, -0.1) is 0 Å². The third-order valence-corrected chi connectivity index (χ3v) is 14.1. The number of benzene rings is 6. The van der Waals surface area contributed by atoms with Crippen molar-refractivity contribution in [3.63, 3.8) is 0 Å². The van der Waals surface area contributed by atoms with E-state index in [2.05, 4.69) is 0 Å². The van der Waals surface area contributed by atoms with Crippen molar-refractivity contribution in [2.24, 2.45) is 0 Å². The first-order valence-electron chi connectivity index (χ1n) is 16.9. The van der Waals surface area contributed by atoms with E-state index in [1.165, 1.54) is 24.3 Å². The molecule has 51 heavy (non-hydrogen) atoms. The van der Waals surface area contributed by atoms with Crippen LogP contribution in [-0.4, -0.2) is 37.5 Å². The van der Waals surface area contributed by atoms with Gasteiger partial charge in [0.15, 0.2) is 19.7 Å². The summed E-state index contributed by atoms with van der Waals surface area (Å²) in [4.78, 5) is 0.0811. The number of hydrogen-bond donors (Lipinski definition) is 2. The van der Waals surface area contributed by atoms with Crippen molar-refractivity contribution in [2.75, 3.05) is 0 Å². The maximum Gasteiger partial charge on any atom is 0.184 e. The second-order valence-corrected chi connectivity index (χ2v) is 16.9. The molecule has 0 aliphatic carbocycles. The highest BCUT2D eigenvalue weighted by molar-refractivity contribution is 7.92. The zero-order valence-corrected chi connectivity index (χ0v) is 29.6. The quantitative estimate of drug-likeness (QED) is 0.120. The van der Waals surface area contributed by atoms with Gasteiger partial charge < -0.3 is 10.2 Å². The largest absolute Gasteiger partial charge is 0.379 e. The zero-order valence-electron chi connectivity index (χ0n) is 27.9. The summed E-state index contributed by atoms with van der Waals surface area (Å²) in [5, 5.41) is 22.9. The topological polar surface area (TPSA) is 109 Å². The number of sulfone groups is 2. The molecule has 0 aromatic heterocycles. The fourth-order valence-electron chi connectivity index (χ4n) is 7.06. The van der Waals surface area contributed by atoms with Crippen molar-refractivity contribution in [1.29, 1.82) is 0 Å². The lowest BCUT2D eigenvalue weighted by Gasteiger charge is -2.39. The van der Waals surface area contributed by atoms with Crippen LogP contribution in [0.1, 0.15) is 41.5 Å². The van der Waals surface area contributed by atoms with Gasteiger partial charge in [-0.3, -0.25) is 0 Å². The summed E-state index contributed by atoms with van der Waals surface area (Å²) in [6, 6.07) is 50.8. The van der Waals surface area contributed by atoms with Gasteiger partial charge in [-0.25, -0.2) is 16.8 Å². The summed E-state index contributed by atoms with van der Waals surface area (Å²) in [5.41, 5.74) is -2.47. The van der Waals surface area contributed by atoms with Crippen LogP contribution in [0.4, 0.5) is 0 Å². The first-order valence-corrected chi connectivity index (χ1v) is 19.9. The molecule has 2 atom stereocenters. The van der Waals surface area contributed by atoms with Crippen molar-refractivity contribution in [3.8, 4) is 0 Å². The minimum atomic E-state index is -4.24. The maximum atomic E-state index is 14.7. The first kappa shape index (κ1) is 35.9. The Morgan fingerprint density at radius 1 is 0.373 bits per heavy atom. The van der Waals surface area contributed by atoms with E-state index < -0.39 is 41.4 Å². The predicted molar refractivity (Wildman–Crippen MR) is 200 cm³/mol. The Morgan fingerprint density at radius 3 is 0.824 bits per heavy atom. The van der Waals surface area contributed by atoms with Crippen molar-refractivity contribution < 1.29 is 27.0 Å². The van der Waals surface area contributed by atoms with Crippen LogP contribution in [0.25, 0.3) is 0 Å². The van der Waals surface area contributed by atoms with E-state index in [1.807, 2.05) is 0 Å². The molecule has 0 saturated heterocycles. The van der Waals surface area contributed by atoms with Crippen molar-refractivity contribution in [2.45, 2.75) is 50.8 Å². The third kappa shape index (κ3) is 7.05. The molecule has 6 nitrogen and oxygen atoms in total. The average Bonchev–Trinajstić information content (AvgIpc) is 3.19. The van der Waals surface area contributed by atoms with Crippen molar-refractivity contribution in [3.05, 3.63) is 204 Å². The summed E-state index contributed by atoms with van der Waals surface area (Å²) in [6.45, 7) is 0. The summed E-state index contributed by atoms with van der Waals surface area (Å²) in [7, 11) is -8.48. The smallest absolute Gasteiger partial charge is 0.184 e. The molecule has 0 fully saturated rings. The van der Waals surface area contributed by atoms with Crippen LogP contribution in [0, 0.1) is 0 Å². The summed E-state index contributed by atoms with van der Waals surface area (Å²) in [5.74, 6) is 0. The molecule has 2 unspecified atom stereocenters. The summed E-state index contributed by atoms with van der Waals surface area (Å²) < 4.78 is 58.9. The molecule has 260 valence electrons. The minimum Gasteiger partial charge on any atom is -0.379 e. The van der Waals surface area contributed by atoms with Crippen LogP contribution >= 0.6 is 0 Å². The van der Waals surface area contributed by atoms with Crippen LogP contribution in [-0.2, 0) is 30.9 Å². The van der Waals surface area contributed by atoms with Gasteiger partial charge in [0.25, 0.3) is 0 Å². The highest BCUT2D eigenvalue weighted by Crippen LogP contribution is 2.44. The molecule has 0 aliphatic rings. The van der Waals surface area contributed by atoms with Gasteiger partial charge in [0.05, 0.1) is 9.79 Å².